The van der Waals surface area contributed by atoms with E-state index in [1.807, 2.05) is 42.1 Å². The summed E-state index contributed by atoms with van der Waals surface area (Å²) in [7, 11) is 3.70. The van der Waals surface area contributed by atoms with Crippen molar-refractivity contribution in [3.05, 3.63) is 29.3 Å². The second-order valence-corrected chi connectivity index (χ2v) is 11.4. The molecule has 0 aromatic heterocycles. The van der Waals surface area contributed by atoms with Gasteiger partial charge in [-0.05, 0) is 82.8 Å². The number of amides is 2. The van der Waals surface area contributed by atoms with E-state index in [2.05, 4.69) is 0 Å². The topological polar surface area (TPSA) is 132 Å². The number of carbonyl (C=O) groups excluding carboxylic acids is 3. The number of guanidine groups is 1. The summed E-state index contributed by atoms with van der Waals surface area (Å²) < 4.78 is 11.7. The van der Waals surface area contributed by atoms with Crippen LogP contribution in [0, 0.1) is 10.8 Å². The van der Waals surface area contributed by atoms with E-state index < -0.39 is 11.5 Å². The lowest BCUT2D eigenvalue weighted by Gasteiger charge is -2.43. The first-order valence-electron chi connectivity index (χ1n) is 14.4. The van der Waals surface area contributed by atoms with Gasteiger partial charge in [-0.3, -0.25) is 19.8 Å². The summed E-state index contributed by atoms with van der Waals surface area (Å²) in [6.45, 7) is 5.18. The molecular formula is C29H46Cl2N6O5. The number of ether oxygens (including phenoxy) is 2. The van der Waals surface area contributed by atoms with Gasteiger partial charge in [0.25, 0.3) is 0 Å². The van der Waals surface area contributed by atoms with Crippen LogP contribution < -0.4 is 10.5 Å². The molecule has 11 nitrogen and oxygen atoms in total. The molecule has 3 N–H and O–H groups in total. The minimum absolute atomic E-state index is 0. The second kappa shape index (κ2) is 15.6. The van der Waals surface area contributed by atoms with E-state index in [0.29, 0.717) is 57.7 Å². The summed E-state index contributed by atoms with van der Waals surface area (Å²) in [6, 6.07) is 5.47. The van der Waals surface area contributed by atoms with Crippen LogP contribution in [0.1, 0.15) is 50.2 Å². The molecule has 3 heterocycles. The van der Waals surface area contributed by atoms with Crippen molar-refractivity contribution in [1.82, 2.24) is 19.6 Å². The molecular weight excluding hydrogens is 583 g/mol. The Labute approximate surface area is 261 Å². The second-order valence-electron chi connectivity index (χ2n) is 11.4. The molecule has 13 heteroatoms. The van der Waals surface area contributed by atoms with Gasteiger partial charge < -0.3 is 34.8 Å². The number of esters is 1. The lowest BCUT2D eigenvalue weighted by molar-refractivity contribution is -0.163. The number of nitrogens with zero attached hydrogens (tertiary/aromatic N) is 4. The fourth-order valence-electron chi connectivity index (χ4n) is 5.96. The number of likely N-dealkylation sites (N-methyl/N-ethyl adjacent to an activating group) is 1. The first kappa shape index (κ1) is 35.4. The summed E-state index contributed by atoms with van der Waals surface area (Å²) in [5, 5.41) is 7.75. The first-order chi connectivity index (χ1) is 19.1. The Morgan fingerprint density at radius 2 is 1.76 bits per heavy atom. The third kappa shape index (κ3) is 8.20. The Morgan fingerprint density at radius 3 is 2.40 bits per heavy atom. The Bertz CT molecular complexity index is 1110. The van der Waals surface area contributed by atoms with Gasteiger partial charge in [-0.1, -0.05) is 6.07 Å². The van der Waals surface area contributed by atoms with E-state index >= 15 is 0 Å². The molecule has 1 aromatic carbocycles. The molecule has 2 amide bonds. The van der Waals surface area contributed by atoms with Crippen LogP contribution in [0.2, 0.25) is 0 Å². The quantitative estimate of drug-likeness (QED) is 0.255. The van der Waals surface area contributed by atoms with Crippen LogP contribution in [0.25, 0.3) is 0 Å². The lowest BCUT2D eigenvalue weighted by atomic mass is 9.78. The normalized spacial score (nSPS) is 19.6. The van der Waals surface area contributed by atoms with Gasteiger partial charge in [-0.15, -0.1) is 24.8 Å². The standard InChI is InChI=1S/C29H44N6O5.2ClH/c1-4-39-27(38)29(20-40-23-9-8-21-10-14-34(28(30)31)18-22(21)17-23)11-15-33(16-12-29)26(37)24-7-5-6-13-35(24)25(36)19-32(2)3;;/h8-9,17,24H,4-7,10-16,18-20H2,1-3H3,(H3,30,31);2*1H. The SMILES string of the molecule is CCOC(=O)C1(COc2ccc3c(c2)CN(C(=N)N)CC3)CCN(C(=O)C2CCCCN2C(=O)CN(C)C)CC1.Cl.Cl. The number of fused-ring (bicyclic) bond motifs is 1. The van der Waals surface area contributed by atoms with Crippen LogP contribution in [0.4, 0.5) is 0 Å². The van der Waals surface area contributed by atoms with E-state index in [-0.39, 0.29) is 68.3 Å². The average molecular weight is 630 g/mol. The number of likely N-dealkylation sites (tertiary alicyclic amines) is 2. The molecule has 1 unspecified atom stereocenters. The third-order valence-corrected chi connectivity index (χ3v) is 8.35. The van der Waals surface area contributed by atoms with Crippen LogP contribution in [-0.2, 0) is 32.1 Å². The summed E-state index contributed by atoms with van der Waals surface area (Å²) in [4.78, 5) is 46.8. The van der Waals surface area contributed by atoms with E-state index in [1.54, 1.807) is 16.7 Å². The van der Waals surface area contributed by atoms with Crippen LogP contribution in [0.3, 0.4) is 0 Å². The number of hydrogen-bond acceptors (Lipinski definition) is 7. The third-order valence-electron chi connectivity index (χ3n) is 8.35. The van der Waals surface area contributed by atoms with Gasteiger partial charge in [0.2, 0.25) is 11.8 Å². The number of rotatable bonds is 8. The molecule has 1 aromatic rings. The number of nitrogens with one attached hydrogen (secondary N) is 1. The summed E-state index contributed by atoms with van der Waals surface area (Å²) in [5.41, 5.74) is 7.10. The van der Waals surface area contributed by atoms with Crippen molar-refractivity contribution >= 4 is 48.6 Å². The highest BCUT2D eigenvalue weighted by molar-refractivity contribution is 5.89. The van der Waals surface area contributed by atoms with Crippen molar-refractivity contribution in [2.45, 2.75) is 58.0 Å². The van der Waals surface area contributed by atoms with Gasteiger partial charge in [0.15, 0.2) is 5.96 Å². The fourth-order valence-corrected chi connectivity index (χ4v) is 5.96. The van der Waals surface area contributed by atoms with Gasteiger partial charge in [0.1, 0.15) is 23.8 Å². The van der Waals surface area contributed by atoms with Crippen LogP contribution in [0.15, 0.2) is 18.2 Å². The molecule has 236 valence electrons. The number of benzene rings is 1. The zero-order chi connectivity index (χ0) is 28.9. The molecule has 42 heavy (non-hydrogen) atoms. The van der Waals surface area contributed by atoms with Gasteiger partial charge >= 0.3 is 5.97 Å². The van der Waals surface area contributed by atoms with Crippen molar-refractivity contribution in [3.63, 3.8) is 0 Å². The zero-order valence-corrected chi connectivity index (χ0v) is 26.6. The highest BCUT2D eigenvalue weighted by atomic mass is 35.5. The Morgan fingerprint density at radius 1 is 1.05 bits per heavy atom. The van der Waals surface area contributed by atoms with Crippen molar-refractivity contribution in [3.8, 4) is 5.75 Å². The van der Waals surface area contributed by atoms with E-state index in [0.717, 1.165) is 24.8 Å². The molecule has 2 saturated heterocycles. The maximum absolute atomic E-state index is 13.6. The molecule has 0 spiro atoms. The number of nitrogens with two attached hydrogens (primary N) is 1. The van der Waals surface area contributed by atoms with E-state index in [4.69, 9.17) is 20.6 Å². The Balaban J connectivity index is 0.00000308. The van der Waals surface area contributed by atoms with Crippen molar-refractivity contribution in [1.29, 1.82) is 5.41 Å². The monoisotopic (exact) mass is 628 g/mol. The number of carbonyl (C=O) groups is 3. The molecule has 0 radical (unpaired) electrons. The van der Waals surface area contributed by atoms with Gasteiger partial charge in [-0.25, -0.2) is 0 Å². The maximum Gasteiger partial charge on any atom is 0.315 e. The predicted molar refractivity (Wildman–Crippen MR) is 165 cm³/mol. The van der Waals surface area contributed by atoms with Crippen LogP contribution >= 0.6 is 24.8 Å². The minimum atomic E-state index is -0.860. The molecule has 0 bridgehead atoms. The Kier molecular flexibility index (Phi) is 13.2. The number of hydrogen-bond donors (Lipinski definition) is 2. The van der Waals surface area contributed by atoms with Crippen molar-refractivity contribution < 1.29 is 23.9 Å². The van der Waals surface area contributed by atoms with Crippen molar-refractivity contribution in [2.75, 3.05) is 60.0 Å². The summed E-state index contributed by atoms with van der Waals surface area (Å²) in [5.74, 6) is 0.352. The minimum Gasteiger partial charge on any atom is -0.492 e. The highest BCUT2D eigenvalue weighted by Gasteiger charge is 2.46. The molecule has 2 fully saturated rings. The largest absolute Gasteiger partial charge is 0.492 e. The number of piperidine rings is 2. The highest BCUT2D eigenvalue weighted by Crippen LogP contribution is 2.35. The van der Waals surface area contributed by atoms with E-state index in [9.17, 15) is 14.4 Å². The van der Waals surface area contributed by atoms with Gasteiger partial charge in [0.05, 0.1) is 13.2 Å². The molecule has 3 aliphatic heterocycles. The van der Waals surface area contributed by atoms with E-state index in [1.165, 1.54) is 5.56 Å². The number of halogens is 2. The summed E-state index contributed by atoms with van der Waals surface area (Å²) >= 11 is 0. The van der Waals surface area contributed by atoms with Crippen LogP contribution in [0.5, 0.6) is 5.75 Å². The lowest BCUT2D eigenvalue weighted by Crippen LogP contribution is -2.57. The van der Waals surface area contributed by atoms with Gasteiger partial charge in [0, 0.05) is 32.7 Å². The first-order valence-corrected chi connectivity index (χ1v) is 14.4. The van der Waals surface area contributed by atoms with Gasteiger partial charge in [-0.2, -0.15) is 0 Å². The fraction of sp³-hybridized carbons (Fsp3) is 0.655. The average Bonchev–Trinajstić information content (AvgIpc) is 2.95. The predicted octanol–water partition coefficient (Wildman–Crippen LogP) is 2.28. The molecule has 3 aliphatic rings. The smallest absolute Gasteiger partial charge is 0.315 e. The molecule has 0 aliphatic carbocycles. The molecule has 1 atom stereocenters. The maximum atomic E-state index is 13.6. The van der Waals surface area contributed by atoms with Crippen molar-refractivity contribution in [2.24, 2.45) is 11.1 Å². The van der Waals surface area contributed by atoms with Crippen LogP contribution in [-0.4, -0.2) is 109 Å². The summed E-state index contributed by atoms with van der Waals surface area (Å²) in [6.07, 6.45) is 4.16. The zero-order valence-electron chi connectivity index (χ0n) is 24.9. The Hall–Kier alpha value is -2.76. The molecule has 0 saturated carbocycles. The molecule has 4 rings (SSSR count).